The Morgan fingerprint density at radius 1 is 0.803 bits per heavy atom. The molecule has 3 N–H and O–H groups in total. The number of nitriles is 1. The van der Waals surface area contributed by atoms with Gasteiger partial charge in [-0.05, 0) is 42.4 Å². The van der Waals surface area contributed by atoms with Gasteiger partial charge in [-0.2, -0.15) is 5.26 Å². The summed E-state index contributed by atoms with van der Waals surface area (Å²) in [7, 11) is -13.1. The minimum atomic E-state index is -5.28. The van der Waals surface area contributed by atoms with Crippen molar-refractivity contribution in [2.24, 2.45) is 0 Å². The number of phosphoric ester groups is 2. The number of alkyl halides is 1. The third-order valence-electron chi connectivity index (χ3n) is 12.4. The number of nitrogens with zero attached hydrogens (tertiary/aromatic N) is 9. The monoisotopic (exact) mass is 1040 g/mol. The van der Waals surface area contributed by atoms with Crippen molar-refractivity contribution in [2.45, 2.75) is 94.5 Å². The maximum Gasteiger partial charge on any atom is 0.475 e. The van der Waals surface area contributed by atoms with E-state index in [2.05, 4.69) is 40.5 Å². The second-order valence-corrected chi connectivity index (χ2v) is 25.8. The lowest BCUT2D eigenvalue weighted by Crippen LogP contribution is -2.50. The average Bonchev–Trinajstić information content (AvgIpc) is 4.12. The van der Waals surface area contributed by atoms with Crippen molar-refractivity contribution in [3.8, 4) is 6.07 Å². The van der Waals surface area contributed by atoms with E-state index in [0.29, 0.717) is 11.1 Å². The zero-order chi connectivity index (χ0) is 50.3. The number of anilines is 2. The van der Waals surface area contributed by atoms with Gasteiger partial charge < -0.3 is 29.4 Å². The van der Waals surface area contributed by atoms with Crippen LogP contribution >= 0.6 is 15.6 Å². The molecule has 2 bridgehead atoms. The number of ether oxygens (including phenoxy) is 2. The molecule has 0 saturated carbocycles. The number of nitrogens with one attached hydrogen (secondary N) is 2. The Labute approximate surface area is 405 Å². The van der Waals surface area contributed by atoms with Crippen LogP contribution in [0.1, 0.15) is 60.4 Å². The summed E-state index contributed by atoms with van der Waals surface area (Å²) in [5.41, 5.74) is 0.963. The third kappa shape index (κ3) is 10.5. The lowest BCUT2D eigenvalue weighted by Gasteiger charge is -2.40. The fraction of sp³-hybridized carbons (Fsp3) is 0.419. The summed E-state index contributed by atoms with van der Waals surface area (Å²) in [6.45, 7) is 7.72. The molecule has 6 aromatic rings. The lowest BCUT2D eigenvalue weighted by molar-refractivity contribution is -0.0691. The fourth-order valence-electron chi connectivity index (χ4n) is 7.78. The number of hydrogen-bond donors (Lipinski definition) is 3. The van der Waals surface area contributed by atoms with Crippen LogP contribution in [0.5, 0.6) is 0 Å². The molecule has 3 saturated heterocycles. The van der Waals surface area contributed by atoms with Crippen molar-refractivity contribution in [3.63, 3.8) is 0 Å². The van der Waals surface area contributed by atoms with Gasteiger partial charge in [-0.1, -0.05) is 57.2 Å². The van der Waals surface area contributed by atoms with Crippen molar-refractivity contribution in [1.29, 1.82) is 5.26 Å². The molecule has 7 heterocycles. The number of aromatic nitrogens is 8. The number of halogens is 1. The molecular weight excluding hydrogens is 988 g/mol. The van der Waals surface area contributed by atoms with Gasteiger partial charge in [0.1, 0.15) is 43.2 Å². The molecule has 28 heteroatoms. The minimum absolute atomic E-state index is 0.00135. The van der Waals surface area contributed by atoms with Crippen molar-refractivity contribution >= 4 is 69.7 Å². The summed E-state index contributed by atoms with van der Waals surface area (Å²) >= 11 is 0. The topological polar surface area (TPSA) is 297 Å². The molecule has 0 aliphatic carbocycles. The number of rotatable bonds is 11. The third-order valence-corrected chi connectivity index (χ3v) is 19.3. The Kier molecular flexibility index (Phi) is 14.1. The first-order valence-corrected chi connectivity index (χ1v) is 28.0. The van der Waals surface area contributed by atoms with Gasteiger partial charge in [0.05, 0.1) is 45.0 Å². The molecule has 10 atom stereocenters. The van der Waals surface area contributed by atoms with Gasteiger partial charge in [0.2, 0.25) is 0 Å². The molecule has 2 amide bonds. The SMILES string of the molecule is CC(C)(C)[Si](C)(C)O[C@H]1[C@H]2OP(=O)(OCCC#N)OC[C@H]3O[C@@H](n4cnc5c(NC(=O)c6ccccc6)ncnc54)[C@H](F)[C@@H]3OP(=O)(O)OC[C@H]1O[C@H]2n1cnc2c(NC(=O)c3ccccc3)ncnc21. The van der Waals surface area contributed by atoms with Crippen LogP contribution in [0.2, 0.25) is 18.1 Å². The van der Waals surface area contributed by atoms with Gasteiger partial charge in [-0.15, -0.1) is 0 Å². The van der Waals surface area contributed by atoms with Crippen molar-refractivity contribution in [2.75, 3.05) is 30.5 Å². The highest BCUT2D eigenvalue weighted by Gasteiger charge is 2.57. The number of imidazole rings is 2. The number of fused-ring (bicyclic) bond motifs is 5. The van der Waals surface area contributed by atoms with E-state index < -0.39 is 110 Å². The second-order valence-electron chi connectivity index (χ2n) is 18.0. The highest BCUT2D eigenvalue weighted by molar-refractivity contribution is 7.48. The van der Waals surface area contributed by atoms with Crippen LogP contribution < -0.4 is 10.6 Å². The molecular formula is C43H48FN11O13P2Si. The van der Waals surface area contributed by atoms with Crippen molar-refractivity contribution in [1.82, 2.24) is 39.0 Å². The zero-order valence-electron chi connectivity index (χ0n) is 38.7. The molecule has 3 aliphatic rings. The summed E-state index contributed by atoms with van der Waals surface area (Å²) in [6.07, 6.45) is -8.45. The molecule has 4 aromatic heterocycles. The fourth-order valence-corrected chi connectivity index (χ4v) is 11.4. The Hall–Kier alpha value is -5.78. The summed E-state index contributed by atoms with van der Waals surface area (Å²) in [5.74, 6) is -0.941. The van der Waals surface area contributed by atoms with Gasteiger partial charge in [0.25, 0.3) is 11.8 Å². The van der Waals surface area contributed by atoms with E-state index >= 15 is 8.96 Å². The summed E-state index contributed by atoms with van der Waals surface area (Å²) in [4.78, 5) is 63.5. The summed E-state index contributed by atoms with van der Waals surface area (Å²) in [5, 5.41) is 14.4. The lowest BCUT2D eigenvalue weighted by atomic mass is 10.1. The first kappa shape index (κ1) is 50.2. The molecule has 24 nitrogen and oxygen atoms in total. The summed E-state index contributed by atoms with van der Waals surface area (Å²) < 4.78 is 97.6. The molecule has 9 rings (SSSR count). The molecule has 2 aromatic carbocycles. The standard InChI is InChI=1S/C43H48FN11O13P2Si/c1-43(2,3)71(4,5)68-33-28-19-62-69(58,59)66-32-27(64-41(29(32)44)54-23-50-30-35(46-21-48-37(30)54)52-39(56)25-13-8-6-9-14-25)20-63-70(60,61-18-12-17-45)67-34(33)42(65-28)55-24-51-31-36(47-22-49-38(31)55)53-40(57)26-15-10-7-11-16-26/h6-11,13-16,21-24,27-29,32-34,41-42H,12,18-20H2,1-5H3,(H,58,59)(H,46,48,52,56)(H,47,49,53,57)/t27-,28-,29-,32-,33-,34-,41-,42-,70?/m1/s1. The normalized spacial score (nSPS) is 28.3. The van der Waals surface area contributed by atoms with E-state index in [0.717, 1.165) is 6.33 Å². The number of amides is 2. The molecule has 0 spiro atoms. The molecule has 2 unspecified atom stereocenters. The Bertz CT molecular complexity index is 3070. The van der Waals surface area contributed by atoms with Gasteiger partial charge in [0.15, 0.2) is 60.9 Å². The molecule has 71 heavy (non-hydrogen) atoms. The van der Waals surface area contributed by atoms with Gasteiger partial charge in [-0.25, -0.2) is 43.4 Å². The quantitative estimate of drug-likeness (QED) is 0.0695. The van der Waals surface area contributed by atoms with Crippen LogP contribution in [-0.4, -0.2) is 121 Å². The van der Waals surface area contributed by atoms with E-state index in [1.54, 1.807) is 60.7 Å². The van der Waals surface area contributed by atoms with E-state index in [-0.39, 0.29) is 40.4 Å². The smallest absolute Gasteiger partial charge is 0.408 e. The number of benzene rings is 2. The van der Waals surface area contributed by atoms with E-state index in [1.165, 1.54) is 28.1 Å². The minimum Gasteiger partial charge on any atom is -0.408 e. The Morgan fingerprint density at radius 3 is 1.89 bits per heavy atom. The molecule has 3 fully saturated rings. The Balaban J connectivity index is 1.06. The van der Waals surface area contributed by atoms with Crippen LogP contribution in [0.4, 0.5) is 16.0 Å². The maximum atomic E-state index is 17.0. The Morgan fingerprint density at radius 2 is 1.34 bits per heavy atom. The zero-order valence-corrected chi connectivity index (χ0v) is 41.5. The van der Waals surface area contributed by atoms with Crippen molar-refractivity contribution < 1.29 is 64.5 Å². The van der Waals surface area contributed by atoms with Gasteiger partial charge >= 0.3 is 15.6 Å². The number of carbonyl (C=O) groups excluding carboxylic acids is 2. The van der Waals surface area contributed by atoms with Crippen LogP contribution in [-0.2, 0) is 45.6 Å². The largest absolute Gasteiger partial charge is 0.475 e. The second kappa shape index (κ2) is 20.0. The highest BCUT2D eigenvalue weighted by atomic mass is 31.2. The number of carbonyl (C=O) groups is 2. The highest BCUT2D eigenvalue weighted by Crippen LogP contribution is 2.57. The average molecular weight is 1040 g/mol. The van der Waals surface area contributed by atoms with Crippen LogP contribution in [0.25, 0.3) is 22.3 Å². The van der Waals surface area contributed by atoms with Gasteiger partial charge in [0, 0.05) is 11.1 Å². The van der Waals surface area contributed by atoms with Crippen LogP contribution in [0.3, 0.4) is 0 Å². The predicted molar refractivity (Wildman–Crippen MR) is 249 cm³/mol. The van der Waals surface area contributed by atoms with E-state index in [9.17, 15) is 24.3 Å². The first-order valence-electron chi connectivity index (χ1n) is 22.2. The van der Waals surface area contributed by atoms with E-state index in [4.69, 9.17) is 36.5 Å². The first-order chi connectivity index (χ1) is 33.9. The van der Waals surface area contributed by atoms with Gasteiger partial charge in [-0.3, -0.25) is 41.3 Å². The molecule has 3 aliphatic heterocycles. The predicted octanol–water partition coefficient (Wildman–Crippen LogP) is 6.65. The van der Waals surface area contributed by atoms with Crippen molar-refractivity contribution in [3.05, 3.63) is 97.1 Å². The molecule has 374 valence electrons. The molecule has 0 radical (unpaired) electrons. The van der Waals surface area contributed by atoms with Crippen LogP contribution in [0, 0.1) is 11.3 Å². The number of phosphoric acid groups is 2. The maximum absolute atomic E-state index is 17.0. The van der Waals surface area contributed by atoms with Crippen LogP contribution in [0.15, 0.2) is 86.0 Å². The number of hydrogen-bond acceptors (Lipinski definition) is 19. The van der Waals surface area contributed by atoms with E-state index in [1.807, 2.05) is 39.9 Å². The summed E-state index contributed by atoms with van der Waals surface area (Å²) in [6, 6.07) is 18.6.